The van der Waals surface area contributed by atoms with E-state index in [1.807, 2.05) is 63.1 Å². The van der Waals surface area contributed by atoms with Crippen LogP contribution in [0.3, 0.4) is 0 Å². The highest BCUT2D eigenvalue weighted by atomic mass is 32.1. The van der Waals surface area contributed by atoms with Gasteiger partial charge in [-0.1, -0.05) is 37.3 Å². The third-order valence-corrected chi connectivity index (χ3v) is 6.61. The van der Waals surface area contributed by atoms with Gasteiger partial charge in [-0.15, -0.1) is 11.3 Å². The van der Waals surface area contributed by atoms with Crippen molar-refractivity contribution in [2.45, 2.75) is 52.7 Å². The molecule has 7 heteroatoms. The zero-order valence-electron chi connectivity index (χ0n) is 17.7. The van der Waals surface area contributed by atoms with Crippen LogP contribution in [0.5, 0.6) is 0 Å². The molecule has 2 heterocycles. The smallest absolute Gasteiger partial charge is 0.318 e. The number of carbonyl (C=O) groups excluding carboxylic acids is 1. The fourth-order valence-electron chi connectivity index (χ4n) is 3.19. The Bertz CT molecular complexity index is 949. The molecule has 1 N–H and O–H groups in total. The number of aromatic nitrogens is 3. The van der Waals surface area contributed by atoms with Crippen molar-refractivity contribution in [1.82, 2.24) is 25.0 Å². The van der Waals surface area contributed by atoms with E-state index in [0.717, 1.165) is 27.6 Å². The summed E-state index contributed by atoms with van der Waals surface area (Å²) in [4.78, 5) is 20.3. The number of hydrogen-bond acceptors (Lipinski definition) is 4. The molecule has 6 nitrogen and oxygen atoms in total. The van der Waals surface area contributed by atoms with Crippen molar-refractivity contribution in [3.05, 3.63) is 69.4 Å². The van der Waals surface area contributed by atoms with Gasteiger partial charge in [-0.05, 0) is 32.8 Å². The van der Waals surface area contributed by atoms with E-state index in [1.54, 1.807) is 16.2 Å². The Morgan fingerprint density at radius 1 is 1.28 bits per heavy atom. The number of thiazole rings is 1. The fraction of sp³-hybridized carbons (Fsp3) is 0.409. The third-order valence-electron chi connectivity index (χ3n) is 5.14. The summed E-state index contributed by atoms with van der Waals surface area (Å²) in [7, 11) is 1.83. The van der Waals surface area contributed by atoms with E-state index in [2.05, 4.69) is 34.5 Å². The van der Waals surface area contributed by atoms with E-state index in [1.165, 1.54) is 5.56 Å². The first-order chi connectivity index (χ1) is 13.9. The van der Waals surface area contributed by atoms with Crippen molar-refractivity contribution < 1.29 is 4.79 Å². The quantitative estimate of drug-likeness (QED) is 0.612. The van der Waals surface area contributed by atoms with Gasteiger partial charge in [-0.3, -0.25) is 4.68 Å². The molecule has 0 spiro atoms. The molecule has 2 amide bonds. The summed E-state index contributed by atoms with van der Waals surface area (Å²) in [5.41, 5.74) is 3.19. The molecule has 0 saturated carbocycles. The van der Waals surface area contributed by atoms with Crippen LogP contribution in [0.25, 0.3) is 0 Å². The number of urea groups is 1. The maximum atomic E-state index is 12.8. The number of rotatable bonds is 7. The van der Waals surface area contributed by atoms with Gasteiger partial charge in [-0.25, -0.2) is 9.78 Å². The average Bonchev–Trinajstić information content (AvgIpc) is 3.34. The molecule has 0 radical (unpaired) electrons. The van der Waals surface area contributed by atoms with Crippen molar-refractivity contribution in [3.8, 4) is 0 Å². The lowest BCUT2D eigenvalue weighted by molar-refractivity contribution is 0.191. The SMILES string of the molecule is CCc1nc(C)c([C@H](C)N(C)C(=O)N[C@@H](C)c2cnn(Cc3ccccc3)c2)s1. The molecule has 3 aromatic rings. The van der Waals surface area contributed by atoms with E-state index in [0.29, 0.717) is 6.54 Å². The van der Waals surface area contributed by atoms with Crippen molar-refractivity contribution in [1.29, 1.82) is 0 Å². The Hall–Kier alpha value is -2.67. The minimum atomic E-state index is -0.129. The van der Waals surface area contributed by atoms with Gasteiger partial charge in [-0.2, -0.15) is 5.10 Å². The lowest BCUT2D eigenvalue weighted by atomic mass is 10.2. The summed E-state index contributed by atoms with van der Waals surface area (Å²) >= 11 is 1.69. The molecule has 0 saturated heterocycles. The fourth-order valence-corrected chi connectivity index (χ4v) is 4.29. The summed E-state index contributed by atoms with van der Waals surface area (Å²) in [6, 6.07) is 9.94. The topological polar surface area (TPSA) is 63.1 Å². The van der Waals surface area contributed by atoms with E-state index >= 15 is 0 Å². The van der Waals surface area contributed by atoms with Crippen LogP contribution in [-0.4, -0.2) is 32.7 Å². The lowest BCUT2D eigenvalue weighted by Crippen LogP contribution is -2.39. The molecule has 29 heavy (non-hydrogen) atoms. The van der Waals surface area contributed by atoms with Crippen LogP contribution < -0.4 is 5.32 Å². The molecule has 2 aromatic heterocycles. The Kier molecular flexibility index (Phi) is 6.69. The van der Waals surface area contributed by atoms with Crippen LogP contribution in [0.4, 0.5) is 4.79 Å². The van der Waals surface area contributed by atoms with Gasteiger partial charge in [0.15, 0.2) is 0 Å². The normalized spacial score (nSPS) is 13.1. The molecule has 0 aliphatic heterocycles. The van der Waals surface area contributed by atoms with Crippen molar-refractivity contribution in [3.63, 3.8) is 0 Å². The van der Waals surface area contributed by atoms with Gasteiger partial charge in [0.1, 0.15) is 0 Å². The molecule has 0 unspecified atom stereocenters. The molecule has 154 valence electrons. The summed E-state index contributed by atoms with van der Waals surface area (Å²) in [6.07, 6.45) is 4.72. The second kappa shape index (κ2) is 9.22. The molecule has 1 aromatic carbocycles. The van der Waals surface area contributed by atoms with Gasteiger partial charge in [0.25, 0.3) is 0 Å². The molecule has 0 aliphatic rings. The molecule has 0 bridgehead atoms. The lowest BCUT2D eigenvalue weighted by Gasteiger charge is -2.26. The number of nitrogens with zero attached hydrogens (tertiary/aromatic N) is 4. The van der Waals surface area contributed by atoms with E-state index in [4.69, 9.17) is 0 Å². The van der Waals surface area contributed by atoms with Gasteiger partial charge in [0.2, 0.25) is 0 Å². The van der Waals surface area contributed by atoms with Crippen LogP contribution in [0.15, 0.2) is 42.7 Å². The van der Waals surface area contributed by atoms with Crippen molar-refractivity contribution in [2.75, 3.05) is 7.05 Å². The zero-order valence-corrected chi connectivity index (χ0v) is 18.5. The number of hydrogen-bond donors (Lipinski definition) is 1. The summed E-state index contributed by atoms with van der Waals surface area (Å²) in [5.74, 6) is 0. The van der Waals surface area contributed by atoms with Crippen LogP contribution in [0.1, 0.15) is 59.6 Å². The Labute approximate surface area is 176 Å². The van der Waals surface area contributed by atoms with Gasteiger partial charge in [0, 0.05) is 23.7 Å². The van der Waals surface area contributed by atoms with E-state index < -0.39 is 0 Å². The molecule has 2 atom stereocenters. The van der Waals surface area contributed by atoms with Crippen LogP contribution >= 0.6 is 11.3 Å². The summed E-state index contributed by atoms with van der Waals surface area (Å²) < 4.78 is 1.90. The van der Waals surface area contributed by atoms with E-state index in [9.17, 15) is 4.79 Å². The highest BCUT2D eigenvalue weighted by molar-refractivity contribution is 7.11. The molecule has 3 rings (SSSR count). The largest absolute Gasteiger partial charge is 0.331 e. The van der Waals surface area contributed by atoms with Gasteiger partial charge >= 0.3 is 6.03 Å². The molecular weight excluding hydrogens is 382 g/mol. The predicted octanol–water partition coefficient (Wildman–Crippen LogP) is 4.72. The van der Waals surface area contributed by atoms with Gasteiger partial charge < -0.3 is 10.2 Å². The minimum absolute atomic E-state index is 0.0270. The number of amides is 2. The van der Waals surface area contributed by atoms with Gasteiger partial charge in [0.05, 0.1) is 35.5 Å². The average molecular weight is 412 g/mol. The Morgan fingerprint density at radius 2 is 2.00 bits per heavy atom. The maximum Gasteiger partial charge on any atom is 0.318 e. The van der Waals surface area contributed by atoms with Crippen LogP contribution in [-0.2, 0) is 13.0 Å². The number of carbonyl (C=O) groups is 1. The standard InChI is InChI=1S/C22H29N5OS/c1-6-20-24-16(3)21(29-20)17(4)26(5)22(28)25-15(2)19-12-23-27(14-19)13-18-10-8-7-9-11-18/h7-12,14-15,17H,6,13H2,1-5H3,(H,25,28)/t15-,17-/m0/s1. The monoisotopic (exact) mass is 411 g/mol. The first-order valence-electron chi connectivity index (χ1n) is 9.94. The van der Waals surface area contributed by atoms with E-state index in [-0.39, 0.29) is 18.1 Å². The predicted molar refractivity (Wildman–Crippen MR) is 117 cm³/mol. The highest BCUT2D eigenvalue weighted by Gasteiger charge is 2.23. The first kappa shape index (κ1) is 21.0. The number of aryl methyl sites for hydroxylation is 2. The second-order valence-corrected chi connectivity index (χ2v) is 8.44. The highest BCUT2D eigenvalue weighted by Crippen LogP contribution is 2.29. The maximum absolute atomic E-state index is 12.8. The van der Waals surface area contributed by atoms with Crippen molar-refractivity contribution in [2.24, 2.45) is 0 Å². The first-order valence-corrected chi connectivity index (χ1v) is 10.8. The molecular formula is C22H29N5OS. The van der Waals surface area contributed by atoms with Crippen LogP contribution in [0, 0.1) is 6.92 Å². The van der Waals surface area contributed by atoms with Crippen LogP contribution in [0.2, 0.25) is 0 Å². The Morgan fingerprint density at radius 3 is 2.66 bits per heavy atom. The minimum Gasteiger partial charge on any atom is -0.331 e. The number of benzene rings is 1. The summed E-state index contributed by atoms with van der Waals surface area (Å²) in [6.45, 7) is 8.85. The summed E-state index contributed by atoms with van der Waals surface area (Å²) in [5, 5.41) is 8.63. The molecule has 0 aliphatic carbocycles. The number of nitrogens with one attached hydrogen (secondary N) is 1. The zero-order chi connectivity index (χ0) is 21.0. The second-order valence-electron chi connectivity index (χ2n) is 7.33. The van der Waals surface area contributed by atoms with Crippen molar-refractivity contribution >= 4 is 17.4 Å². The molecule has 0 fully saturated rings. The Balaban J connectivity index is 1.61. The third kappa shape index (κ3) is 5.03.